The predicted molar refractivity (Wildman–Crippen MR) is 44.4 cm³/mol. The van der Waals surface area contributed by atoms with Crippen LogP contribution < -0.4 is 5.73 Å². The summed E-state index contributed by atoms with van der Waals surface area (Å²) in [6.45, 7) is 0.547. The van der Waals surface area contributed by atoms with Gasteiger partial charge in [-0.05, 0) is 22.0 Å². The number of H-pyrrole nitrogens is 1. The predicted octanol–water partition coefficient (Wildman–Crippen LogP) is 1.14. The van der Waals surface area contributed by atoms with Crippen molar-refractivity contribution >= 4 is 22.0 Å². The first-order valence-corrected chi connectivity index (χ1v) is 3.69. The van der Waals surface area contributed by atoms with Crippen LogP contribution in [-0.2, 0) is 0 Å². The molecule has 0 aliphatic heterocycles. The minimum absolute atomic E-state index is 0.547. The van der Waals surface area contributed by atoms with Crippen LogP contribution in [0.4, 0.5) is 0 Å². The van der Waals surface area contributed by atoms with Crippen molar-refractivity contribution in [3.8, 4) is 0 Å². The monoisotopic (exact) mass is 201 g/mol. The normalized spacial score (nSPS) is 11.0. The Labute approximate surface area is 67.4 Å². The SMILES string of the molecule is NC/C=C/c1[nH]ncc1Br. The number of nitrogens with two attached hydrogens (primary N) is 1. The second-order valence-electron chi connectivity index (χ2n) is 1.77. The molecule has 0 bridgehead atoms. The van der Waals surface area contributed by atoms with Crippen molar-refractivity contribution in [3.63, 3.8) is 0 Å². The van der Waals surface area contributed by atoms with Crippen LogP contribution in [0.3, 0.4) is 0 Å². The summed E-state index contributed by atoms with van der Waals surface area (Å²) in [5.41, 5.74) is 6.21. The molecule has 54 valence electrons. The van der Waals surface area contributed by atoms with Crippen LogP contribution in [0.25, 0.3) is 6.08 Å². The zero-order valence-corrected chi connectivity index (χ0v) is 6.93. The molecule has 0 fully saturated rings. The van der Waals surface area contributed by atoms with Crippen LogP contribution in [0.1, 0.15) is 5.69 Å². The van der Waals surface area contributed by atoms with Gasteiger partial charge in [-0.15, -0.1) is 0 Å². The second-order valence-corrected chi connectivity index (χ2v) is 2.62. The molecular weight excluding hydrogens is 194 g/mol. The number of hydrogen-bond acceptors (Lipinski definition) is 2. The van der Waals surface area contributed by atoms with Crippen LogP contribution in [0.2, 0.25) is 0 Å². The van der Waals surface area contributed by atoms with Crippen molar-refractivity contribution in [2.45, 2.75) is 0 Å². The Hall–Kier alpha value is -0.610. The molecule has 0 aromatic carbocycles. The lowest BCUT2D eigenvalue weighted by atomic mass is 10.4. The first-order chi connectivity index (χ1) is 4.84. The van der Waals surface area contributed by atoms with Gasteiger partial charge in [-0.25, -0.2) is 0 Å². The molecule has 0 saturated carbocycles. The van der Waals surface area contributed by atoms with Crippen molar-refractivity contribution < 1.29 is 0 Å². The summed E-state index contributed by atoms with van der Waals surface area (Å²) in [4.78, 5) is 0. The topological polar surface area (TPSA) is 54.7 Å². The summed E-state index contributed by atoms with van der Waals surface area (Å²) in [5, 5.41) is 6.61. The maximum Gasteiger partial charge on any atom is 0.0717 e. The number of rotatable bonds is 2. The highest BCUT2D eigenvalue weighted by atomic mass is 79.9. The molecule has 0 aliphatic rings. The van der Waals surface area contributed by atoms with Gasteiger partial charge in [0.25, 0.3) is 0 Å². The molecule has 1 aromatic rings. The Morgan fingerprint density at radius 2 is 2.60 bits per heavy atom. The van der Waals surface area contributed by atoms with Crippen molar-refractivity contribution in [2.75, 3.05) is 6.54 Å². The summed E-state index contributed by atoms with van der Waals surface area (Å²) in [5.74, 6) is 0. The Morgan fingerprint density at radius 3 is 3.10 bits per heavy atom. The van der Waals surface area contributed by atoms with Gasteiger partial charge in [0, 0.05) is 6.54 Å². The van der Waals surface area contributed by atoms with E-state index in [1.165, 1.54) is 0 Å². The van der Waals surface area contributed by atoms with Gasteiger partial charge in [-0.3, -0.25) is 5.10 Å². The average Bonchev–Trinajstić information content (AvgIpc) is 2.31. The van der Waals surface area contributed by atoms with Gasteiger partial charge < -0.3 is 5.73 Å². The maximum absolute atomic E-state index is 5.26. The lowest BCUT2D eigenvalue weighted by Gasteiger charge is -1.84. The highest BCUT2D eigenvalue weighted by Crippen LogP contribution is 2.13. The largest absolute Gasteiger partial charge is 0.327 e. The van der Waals surface area contributed by atoms with E-state index >= 15 is 0 Å². The van der Waals surface area contributed by atoms with Crippen LogP contribution >= 0.6 is 15.9 Å². The third-order valence-corrected chi connectivity index (χ3v) is 1.67. The lowest BCUT2D eigenvalue weighted by Crippen LogP contribution is -1.91. The van der Waals surface area contributed by atoms with E-state index in [1.54, 1.807) is 6.20 Å². The fraction of sp³-hybridized carbons (Fsp3) is 0.167. The first kappa shape index (κ1) is 7.50. The Bertz CT molecular complexity index is 229. The fourth-order valence-corrected chi connectivity index (χ4v) is 0.907. The molecule has 1 aromatic heterocycles. The molecule has 0 aliphatic carbocycles. The Morgan fingerprint density at radius 1 is 1.80 bits per heavy atom. The quantitative estimate of drug-likeness (QED) is 0.755. The number of nitrogens with one attached hydrogen (secondary N) is 1. The number of halogens is 1. The average molecular weight is 202 g/mol. The molecule has 1 heterocycles. The molecule has 0 unspecified atom stereocenters. The van der Waals surface area contributed by atoms with Gasteiger partial charge in [-0.1, -0.05) is 6.08 Å². The summed E-state index contributed by atoms with van der Waals surface area (Å²) in [6.07, 6.45) is 5.45. The van der Waals surface area contributed by atoms with Gasteiger partial charge in [-0.2, -0.15) is 5.10 Å². The van der Waals surface area contributed by atoms with Gasteiger partial charge in [0.1, 0.15) is 0 Å². The molecule has 0 atom stereocenters. The molecule has 0 saturated heterocycles. The van der Waals surface area contributed by atoms with Gasteiger partial charge in [0.2, 0.25) is 0 Å². The minimum Gasteiger partial charge on any atom is -0.327 e. The van der Waals surface area contributed by atoms with E-state index in [0.717, 1.165) is 10.2 Å². The van der Waals surface area contributed by atoms with E-state index in [0.29, 0.717) is 6.54 Å². The summed E-state index contributed by atoms with van der Waals surface area (Å²) in [7, 11) is 0. The first-order valence-electron chi connectivity index (χ1n) is 2.90. The van der Waals surface area contributed by atoms with Gasteiger partial charge in [0.15, 0.2) is 0 Å². The molecule has 3 nitrogen and oxygen atoms in total. The van der Waals surface area contributed by atoms with E-state index in [1.807, 2.05) is 12.2 Å². The molecule has 4 heteroatoms. The molecule has 10 heavy (non-hydrogen) atoms. The summed E-state index contributed by atoms with van der Waals surface area (Å²) >= 11 is 3.31. The van der Waals surface area contributed by atoms with E-state index in [-0.39, 0.29) is 0 Å². The molecule has 3 N–H and O–H groups in total. The maximum atomic E-state index is 5.26. The van der Waals surface area contributed by atoms with Crippen molar-refractivity contribution in [3.05, 3.63) is 22.4 Å². The molecule has 1 rings (SSSR count). The molecule has 0 amide bonds. The summed E-state index contributed by atoms with van der Waals surface area (Å²) < 4.78 is 0.956. The highest BCUT2D eigenvalue weighted by molar-refractivity contribution is 9.10. The van der Waals surface area contributed by atoms with Gasteiger partial charge >= 0.3 is 0 Å². The third kappa shape index (κ3) is 1.68. The molecule has 0 radical (unpaired) electrons. The smallest absolute Gasteiger partial charge is 0.0717 e. The molecular formula is C6H8BrN3. The number of aromatic nitrogens is 2. The van der Waals surface area contributed by atoms with E-state index in [9.17, 15) is 0 Å². The zero-order chi connectivity index (χ0) is 7.40. The van der Waals surface area contributed by atoms with Gasteiger partial charge in [0.05, 0.1) is 16.4 Å². The lowest BCUT2D eigenvalue weighted by molar-refractivity contribution is 1.08. The molecule has 0 spiro atoms. The van der Waals surface area contributed by atoms with Crippen molar-refractivity contribution in [1.82, 2.24) is 10.2 Å². The number of aromatic amines is 1. The van der Waals surface area contributed by atoms with E-state index in [2.05, 4.69) is 26.1 Å². The second kappa shape index (κ2) is 3.53. The fourth-order valence-electron chi connectivity index (χ4n) is 0.584. The number of hydrogen-bond donors (Lipinski definition) is 2. The van der Waals surface area contributed by atoms with Crippen LogP contribution in [-0.4, -0.2) is 16.7 Å². The standard InChI is InChI=1S/C6H8BrN3/c7-5-4-9-10-6(5)2-1-3-8/h1-2,4H,3,8H2,(H,9,10)/b2-1+. The van der Waals surface area contributed by atoms with Crippen molar-refractivity contribution in [2.24, 2.45) is 5.73 Å². The van der Waals surface area contributed by atoms with Crippen LogP contribution in [0.15, 0.2) is 16.7 Å². The minimum atomic E-state index is 0.547. The Kier molecular flexibility index (Phi) is 2.65. The van der Waals surface area contributed by atoms with E-state index < -0.39 is 0 Å². The number of nitrogens with zero attached hydrogens (tertiary/aromatic N) is 1. The van der Waals surface area contributed by atoms with Crippen LogP contribution in [0, 0.1) is 0 Å². The highest BCUT2D eigenvalue weighted by Gasteiger charge is 1.93. The summed E-state index contributed by atoms with van der Waals surface area (Å²) in [6, 6.07) is 0. The third-order valence-electron chi connectivity index (χ3n) is 1.04. The Balaban J connectivity index is 2.74. The van der Waals surface area contributed by atoms with E-state index in [4.69, 9.17) is 5.73 Å². The zero-order valence-electron chi connectivity index (χ0n) is 5.34. The van der Waals surface area contributed by atoms with Crippen LogP contribution in [0.5, 0.6) is 0 Å². The van der Waals surface area contributed by atoms with Crippen molar-refractivity contribution in [1.29, 1.82) is 0 Å².